The second-order valence-corrected chi connectivity index (χ2v) is 8.39. The molecule has 2 aliphatic heterocycles. The molecule has 2 aromatic heterocycles. The molecule has 2 N–H and O–H groups in total. The van der Waals surface area contributed by atoms with Crippen molar-refractivity contribution in [1.82, 2.24) is 25.2 Å². The van der Waals surface area contributed by atoms with Crippen LogP contribution in [-0.4, -0.2) is 64.2 Å². The van der Waals surface area contributed by atoms with E-state index in [2.05, 4.69) is 39.6 Å². The highest BCUT2D eigenvalue weighted by Gasteiger charge is 2.35. The number of ether oxygens (including phenoxy) is 2. The third-order valence-electron chi connectivity index (χ3n) is 6.42. The Labute approximate surface area is 180 Å². The molecule has 2 fully saturated rings. The standard InChI is InChI=1S/C22H28N6O3/c1-2-15-5-6-19-16(12-15)13-18(22(29)23-19)20(27-7-10-30-11-8-27)21-24-25-26-28(21)14-17-4-3-9-31-17/h5-6,12-13,17,20H,2-4,7-11,14H2,1H3,(H,23,29)/p+1/t17-,20+/m1/s1. The van der Waals surface area contributed by atoms with E-state index in [1.165, 1.54) is 10.5 Å². The van der Waals surface area contributed by atoms with Crippen LogP contribution in [0.25, 0.3) is 10.9 Å². The summed E-state index contributed by atoms with van der Waals surface area (Å²) in [5.41, 5.74) is 2.69. The number of pyridine rings is 1. The fourth-order valence-electron chi connectivity index (χ4n) is 4.70. The second-order valence-electron chi connectivity index (χ2n) is 8.39. The zero-order valence-electron chi connectivity index (χ0n) is 17.8. The lowest BCUT2D eigenvalue weighted by molar-refractivity contribution is -0.933. The van der Waals surface area contributed by atoms with E-state index in [0.717, 1.165) is 49.9 Å². The molecule has 9 nitrogen and oxygen atoms in total. The molecule has 0 amide bonds. The molecular weight excluding hydrogens is 396 g/mol. The van der Waals surface area contributed by atoms with Gasteiger partial charge in [-0.3, -0.25) is 4.79 Å². The maximum absolute atomic E-state index is 13.2. The number of hydrogen-bond donors (Lipinski definition) is 2. The minimum Gasteiger partial charge on any atom is -0.376 e. The quantitative estimate of drug-likeness (QED) is 0.588. The molecule has 1 aromatic carbocycles. The van der Waals surface area contributed by atoms with Crippen molar-refractivity contribution in [1.29, 1.82) is 0 Å². The summed E-state index contributed by atoms with van der Waals surface area (Å²) in [6.45, 7) is 6.43. The van der Waals surface area contributed by atoms with Gasteiger partial charge in [-0.05, 0) is 58.8 Å². The summed E-state index contributed by atoms with van der Waals surface area (Å²) in [5.74, 6) is 0.712. The molecule has 0 radical (unpaired) electrons. The van der Waals surface area contributed by atoms with Gasteiger partial charge < -0.3 is 19.4 Å². The van der Waals surface area contributed by atoms with Gasteiger partial charge in [-0.25, -0.2) is 4.68 Å². The Morgan fingerprint density at radius 2 is 2.13 bits per heavy atom. The zero-order valence-corrected chi connectivity index (χ0v) is 17.8. The van der Waals surface area contributed by atoms with Crippen molar-refractivity contribution in [2.24, 2.45) is 0 Å². The Balaban J connectivity index is 1.59. The highest BCUT2D eigenvalue weighted by atomic mass is 16.5. The van der Waals surface area contributed by atoms with E-state index in [9.17, 15) is 4.79 Å². The molecular formula is C22H29N6O3+. The molecule has 3 aromatic rings. The molecule has 31 heavy (non-hydrogen) atoms. The molecule has 2 saturated heterocycles. The molecule has 164 valence electrons. The summed E-state index contributed by atoms with van der Waals surface area (Å²) in [6.07, 6.45) is 3.13. The molecule has 9 heteroatoms. The first-order valence-corrected chi connectivity index (χ1v) is 11.2. The number of benzene rings is 1. The first-order chi connectivity index (χ1) is 15.2. The van der Waals surface area contributed by atoms with Crippen molar-refractivity contribution in [3.63, 3.8) is 0 Å². The largest absolute Gasteiger partial charge is 0.376 e. The van der Waals surface area contributed by atoms with Crippen LogP contribution in [0.2, 0.25) is 0 Å². The number of quaternary nitrogens is 1. The fourth-order valence-corrected chi connectivity index (χ4v) is 4.70. The average Bonchev–Trinajstić information content (AvgIpc) is 3.48. The van der Waals surface area contributed by atoms with Crippen LogP contribution in [0, 0.1) is 0 Å². The molecule has 4 heterocycles. The molecule has 2 atom stereocenters. The van der Waals surface area contributed by atoms with Crippen molar-refractivity contribution in [3.05, 3.63) is 51.6 Å². The van der Waals surface area contributed by atoms with E-state index < -0.39 is 0 Å². The van der Waals surface area contributed by atoms with Gasteiger partial charge in [0.1, 0.15) is 13.1 Å². The second kappa shape index (κ2) is 8.86. The lowest BCUT2D eigenvalue weighted by Gasteiger charge is -2.30. The first kappa shape index (κ1) is 20.3. The molecule has 0 bridgehead atoms. The third kappa shape index (κ3) is 4.13. The summed E-state index contributed by atoms with van der Waals surface area (Å²) in [5, 5.41) is 13.7. The number of fused-ring (bicyclic) bond motifs is 1. The highest BCUT2D eigenvalue weighted by Crippen LogP contribution is 2.21. The van der Waals surface area contributed by atoms with Crippen LogP contribution in [0.4, 0.5) is 0 Å². The number of nitrogens with one attached hydrogen (secondary N) is 2. The number of rotatable bonds is 6. The first-order valence-electron chi connectivity index (χ1n) is 11.2. The van der Waals surface area contributed by atoms with Crippen molar-refractivity contribution >= 4 is 10.9 Å². The van der Waals surface area contributed by atoms with Gasteiger partial charge in [-0.15, -0.1) is 5.10 Å². The molecule has 0 aliphatic carbocycles. The lowest BCUT2D eigenvalue weighted by Crippen LogP contribution is -3.14. The maximum Gasteiger partial charge on any atom is 0.258 e. The van der Waals surface area contributed by atoms with Gasteiger partial charge in [0, 0.05) is 12.1 Å². The average molecular weight is 426 g/mol. The Morgan fingerprint density at radius 1 is 1.26 bits per heavy atom. The monoisotopic (exact) mass is 425 g/mol. The molecule has 0 saturated carbocycles. The van der Waals surface area contributed by atoms with Crippen molar-refractivity contribution in [3.8, 4) is 0 Å². The van der Waals surface area contributed by atoms with E-state index in [0.29, 0.717) is 31.1 Å². The van der Waals surface area contributed by atoms with Gasteiger partial charge in [0.05, 0.1) is 31.4 Å². The topological polar surface area (TPSA) is 99.4 Å². The summed E-state index contributed by atoms with van der Waals surface area (Å²) in [4.78, 5) is 17.5. The normalized spacial score (nSPS) is 21.0. The smallest absolute Gasteiger partial charge is 0.258 e. The number of hydrogen-bond acceptors (Lipinski definition) is 6. The van der Waals surface area contributed by atoms with E-state index in [-0.39, 0.29) is 17.7 Å². The van der Waals surface area contributed by atoms with E-state index >= 15 is 0 Å². The highest BCUT2D eigenvalue weighted by molar-refractivity contribution is 5.79. The number of aryl methyl sites for hydroxylation is 1. The Bertz CT molecular complexity index is 1100. The Kier molecular flexibility index (Phi) is 5.80. The Hall–Kier alpha value is -2.62. The summed E-state index contributed by atoms with van der Waals surface area (Å²) >= 11 is 0. The van der Waals surface area contributed by atoms with E-state index in [4.69, 9.17) is 9.47 Å². The number of H-pyrrole nitrogens is 1. The van der Waals surface area contributed by atoms with Gasteiger partial charge in [-0.2, -0.15) is 0 Å². The molecule has 0 unspecified atom stereocenters. The zero-order chi connectivity index (χ0) is 21.2. The third-order valence-corrected chi connectivity index (χ3v) is 6.42. The van der Waals surface area contributed by atoms with Crippen LogP contribution in [0.3, 0.4) is 0 Å². The predicted octanol–water partition coefficient (Wildman–Crippen LogP) is 0.261. The molecule has 2 aliphatic rings. The van der Waals surface area contributed by atoms with Crippen molar-refractivity contribution in [2.45, 2.75) is 44.9 Å². The summed E-state index contributed by atoms with van der Waals surface area (Å²) in [7, 11) is 0. The fraction of sp³-hybridized carbons (Fsp3) is 0.545. The van der Waals surface area contributed by atoms with E-state index in [1.807, 2.05) is 16.8 Å². The van der Waals surface area contributed by atoms with Gasteiger partial charge in [0.15, 0.2) is 6.04 Å². The predicted molar refractivity (Wildman–Crippen MR) is 114 cm³/mol. The maximum atomic E-state index is 13.2. The van der Waals surface area contributed by atoms with Crippen LogP contribution in [0.5, 0.6) is 0 Å². The van der Waals surface area contributed by atoms with Crippen molar-refractivity contribution in [2.75, 3.05) is 32.9 Å². The van der Waals surface area contributed by atoms with Crippen LogP contribution < -0.4 is 10.5 Å². The Morgan fingerprint density at radius 3 is 2.90 bits per heavy atom. The lowest BCUT2D eigenvalue weighted by atomic mass is 10.0. The summed E-state index contributed by atoms with van der Waals surface area (Å²) < 4.78 is 13.2. The van der Waals surface area contributed by atoms with Crippen LogP contribution in [0.15, 0.2) is 29.1 Å². The van der Waals surface area contributed by atoms with Crippen LogP contribution in [0.1, 0.15) is 42.8 Å². The molecule has 0 spiro atoms. The molecule has 5 rings (SSSR count). The van der Waals surface area contributed by atoms with E-state index in [1.54, 1.807) is 0 Å². The SMILES string of the molecule is CCc1ccc2[nH]c(=O)c([C@@H](c3nnnn3C[C@H]3CCCO3)[NH+]3CCOCC3)cc2c1. The van der Waals surface area contributed by atoms with Crippen LogP contribution >= 0.6 is 0 Å². The minimum absolute atomic E-state index is 0.0904. The van der Waals surface area contributed by atoms with Gasteiger partial charge in [0.2, 0.25) is 5.82 Å². The summed E-state index contributed by atoms with van der Waals surface area (Å²) in [6, 6.07) is 7.95. The van der Waals surface area contributed by atoms with Crippen LogP contribution in [-0.2, 0) is 22.4 Å². The number of nitrogens with zero attached hydrogens (tertiary/aromatic N) is 4. The van der Waals surface area contributed by atoms with Gasteiger partial charge in [-0.1, -0.05) is 13.0 Å². The van der Waals surface area contributed by atoms with Gasteiger partial charge >= 0.3 is 0 Å². The minimum atomic E-state index is -0.265. The number of tetrazole rings is 1. The van der Waals surface area contributed by atoms with Gasteiger partial charge in [0.25, 0.3) is 5.56 Å². The van der Waals surface area contributed by atoms with Crippen molar-refractivity contribution < 1.29 is 14.4 Å². The number of aromatic amines is 1. The number of aromatic nitrogens is 5. The number of morpholine rings is 1.